The lowest BCUT2D eigenvalue weighted by atomic mass is 10.1. The lowest BCUT2D eigenvalue weighted by molar-refractivity contribution is -0.134. The second-order valence-corrected chi connectivity index (χ2v) is 6.28. The molecule has 2 fully saturated rings. The first kappa shape index (κ1) is 15.2. The third-order valence-electron chi connectivity index (χ3n) is 4.40. The Hall–Kier alpha value is -1.75. The molecule has 22 heavy (non-hydrogen) atoms. The fraction of sp³-hybridized carbons (Fsp3) is 0.529. The standard InChI is InChI=1S/C17H21FN2O2/c1-12-2-5-15(18)14(10-12)16(21)11-19-6-8-20(9-7-19)17(22)13-3-4-13/h2,5,10,13H,3-4,6-9,11H2,1H3. The van der Waals surface area contributed by atoms with E-state index in [1.807, 2.05) is 16.7 Å². The SMILES string of the molecule is Cc1ccc(F)c(C(=O)CN2CCN(C(=O)C3CC3)CC2)c1. The summed E-state index contributed by atoms with van der Waals surface area (Å²) in [5, 5.41) is 0. The molecule has 1 saturated carbocycles. The average molecular weight is 304 g/mol. The first-order chi connectivity index (χ1) is 10.5. The molecule has 0 spiro atoms. The van der Waals surface area contributed by atoms with Crippen LogP contribution < -0.4 is 0 Å². The fourth-order valence-corrected chi connectivity index (χ4v) is 2.86. The maximum Gasteiger partial charge on any atom is 0.225 e. The maximum atomic E-state index is 13.7. The van der Waals surface area contributed by atoms with E-state index >= 15 is 0 Å². The first-order valence-electron chi connectivity index (χ1n) is 7.85. The molecule has 0 bridgehead atoms. The van der Waals surface area contributed by atoms with E-state index in [1.165, 1.54) is 6.07 Å². The number of rotatable bonds is 4. The van der Waals surface area contributed by atoms with Gasteiger partial charge in [-0.2, -0.15) is 0 Å². The van der Waals surface area contributed by atoms with Crippen molar-refractivity contribution in [3.8, 4) is 0 Å². The van der Waals surface area contributed by atoms with Crippen molar-refractivity contribution < 1.29 is 14.0 Å². The number of amides is 1. The Labute approximate surface area is 129 Å². The molecule has 1 aliphatic carbocycles. The topological polar surface area (TPSA) is 40.6 Å². The molecule has 0 aromatic heterocycles. The van der Waals surface area contributed by atoms with Gasteiger partial charge in [0.25, 0.3) is 0 Å². The van der Waals surface area contributed by atoms with Crippen molar-refractivity contribution in [2.75, 3.05) is 32.7 Å². The Kier molecular flexibility index (Phi) is 4.25. The smallest absolute Gasteiger partial charge is 0.225 e. The molecule has 0 N–H and O–H groups in total. The highest BCUT2D eigenvalue weighted by Crippen LogP contribution is 2.31. The van der Waals surface area contributed by atoms with E-state index in [-0.39, 0.29) is 29.7 Å². The molecule has 3 rings (SSSR count). The molecule has 1 aliphatic heterocycles. The van der Waals surface area contributed by atoms with E-state index in [9.17, 15) is 14.0 Å². The van der Waals surface area contributed by atoms with Gasteiger partial charge in [0, 0.05) is 32.1 Å². The number of aryl methyl sites for hydroxylation is 1. The molecule has 0 radical (unpaired) electrons. The van der Waals surface area contributed by atoms with Gasteiger partial charge >= 0.3 is 0 Å². The van der Waals surface area contributed by atoms with Crippen molar-refractivity contribution >= 4 is 11.7 Å². The van der Waals surface area contributed by atoms with Crippen molar-refractivity contribution in [2.24, 2.45) is 5.92 Å². The van der Waals surface area contributed by atoms with E-state index in [0.717, 1.165) is 18.4 Å². The largest absolute Gasteiger partial charge is 0.340 e. The summed E-state index contributed by atoms with van der Waals surface area (Å²) in [5.74, 6) is -0.147. The van der Waals surface area contributed by atoms with E-state index in [1.54, 1.807) is 12.1 Å². The van der Waals surface area contributed by atoms with Crippen LogP contribution in [0.3, 0.4) is 0 Å². The van der Waals surface area contributed by atoms with Crippen LogP contribution in [0.5, 0.6) is 0 Å². The van der Waals surface area contributed by atoms with Crippen molar-refractivity contribution in [1.82, 2.24) is 9.80 Å². The zero-order valence-corrected chi connectivity index (χ0v) is 12.8. The Morgan fingerprint density at radius 3 is 2.50 bits per heavy atom. The average Bonchev–Trinajstić information content (AvgIpc) is 3.34. The van der Waals surface area contributed by atoms with E-state index in [2.05, 4.69) is 0 Å². The highest BCUT2D eigenvalue weighted by atomic mass is 19.1. The second-order valence-electron chi connectivity index (χ2n) is 6.28. The van der Waals surface area contributed by atoms with Crippen LogP contribution in [0.15, 0.2) is 18.2 Å². The summed E-state index contributed by atoms with van der Waals surface area (Å²) in [7, 11) is 0. The predicted octanol–water partition coefficient (Wildman–Crippen LogP) is 1.87. The van der Waals surface area contributed by atoms with Crippen molar-refractivity contribution in [3.05, 3.63) is 35.1 Å². The zero-order valence-electron chi connectivity index (χ0n) is 12.8. The van der Waals surface area contributed by atoms with Gasteiger partial charge in [-0.15, -0.1) is 0 Å². The van der Waals surface area contributed by atoms with Gasteiger partial charge in [0.1, 0.15) is 5.82 Å². The van der Waals surface area contributed by atoms with Crippen LogP contribution >= 0.6 is 0 Å². The lowest BCUT2D eigenvalue weighted by Gasteiger charge is -2.34. The minimum absolute atomic E-state index is 0.163. The molecule has 2 aliphatic rings. The van der Waals surface area contributed by atoms with Crippen LogP contribution in [-0.4, -0.2) is 54.2 Å². The van der Waals surface area contributed by atoms with Crippen LogP contribution in [0.4, 0.5) is 4.39 Å². The molecular formula is C17H21FN2O2. The summed E-state index contributed by atoms with van der Waals surface area (Å²) in [6.07, 6.45) is 2.04. The normalized spacial score (nSPS) is 19.3. The third-order valence-corrected chi connectivity index (χ3v) is 4.40. The molecular weight excluding hydrogens is 283 g/mol. The highest BCUT2D eigenvalue weighted by molar-refractivity contribution is 5.98. The van der Waals surface area contributed by atoms with Crippen LogP contribution in [0.1, 0.15) is 28.8 Å². The lowest BCUT2D eigenvalue weighted by Crippen LogP contribution is -2.50. The fourth-order valence-electron chi connectivity index (χ4n) is 2.86. The molecule has 1 amide bonds. The summed E-state index contributed by atoms with van der Waals surface area (Å²) < 4.78 is 13.7. The predicted molar refractivity (Wildman–Crippen MR) is 81.2 cm³/mol. The van der Waals surface area contributed by atoms with Crippen LogP contribution in [0, 0.1) is 18.7 Å². The van der Waals surface area contributed by atoms with Gasteiger partial charge in [0.2, 0.25) is 5.91 Å². The summed E-state index contributed by atoms with van der Waals surface area (Å²) in [4.78, 5) is 28.1. The van der Waals surface area contributed by atoms with Crippen LogP contribution in [-0.2, 0) is 4.79 Å². The Morgan fingerprint density at radius 2 is 1.86 bits per heavy atom. The number of carbonyl (C=O) groups excluding carboxylic acids is 2. The quantitative estimate of drug-likeness (QED) is 0.797. The van der Waals surface area contributed by atoms with Crippen LogP contribution in [0.2, 0.25) is 0 Å². The van der Waals surface area contributed by atoms with Gasteiger partial charge in [-0.3, -0.25) is 14.5 Å². The molecule has 0 unspecified atom stereocenters. The maximum absolute atomic E-state index is 13.7. The molecule has 0 atom stereocenters. The van der Waals surface area contributed by atoms with Gasteiger partial charge in [-0.1, -0.05) is 11.6 Å². The molecule has 118 valence electrons. The van der Waals surface area contributed by atoms with Crippen molar-refractivity contribution in [2.45, 2.75) is 19.8 Å². The van der Waals surface area contributed by atoms with Gasteiger partial charge < -0.3 is 4.90 Å². The number of piperazine rings is 1. The number of benzene rings is 1. The minimum Gasteiger partial charge on any atom is -0.340 e. The number of carbonyl (C=O) groups is 2. The third kappa shape index (κ3) is 3.35. The van der Waals surface area contributed by atoms with Crippen LogP contribution in [0.25, 0.3) is 0 Å². The number of hydrogen-bond donors (Lipinski definition) is 0. The second kappa shape index (κ2) is 6.16. The zero-order chi connectivity index (χ0) is 15.7. The van der Waals surface area contributed by atoms with Crippen molar-refractivity contribution in [3.63, 3.8) is 0 Å². The van der Waals surface area contributed by atoms with Gasteiger partial charge in [0.15, 0.2) is 5.78 Å². The number of halogens is 1. The number of ketones is 1. The Morgan fingerprint density at radius 1 is 1.18 bits per heavy atom. The number of nitrogens with zero attached hydrogens (tertiary/aromatic N) is 2. The summed E-state index contributed by atoms with van der Waals surface area (Å²) in [5.41, 5.74) is 1.04. The number of hydrogen-bond acceptors (Lipinski definition) is 3. The van der Waals surface area contributed by atoms with Crippen molar-refractivity contribution in [1.29, 1.82) is 0 Å². The first-order valence-corrected chi connectivity index (χ1v) is 7.85. The Bertz CT molecular complexity index is 590. The summed E-state index contributed by atoms with van der Waals surface area (Å²) in [6.45, 7) is 4.75. The summed E-state index contributed by atoms with van der Waals surface area (Å²) in [6, 6.07) is 4.60. The van der Waals surface area contributed by atoms with E-state index in [4.69, 9.17) is 0 Å². The molecule has 1 aromatic carbocycles. The monoisotopic (exact) mass is 304 g/mol. The van der Waals surface area contributed by atoms with Gasteiger partial charge in [-0.25, -0.2) is 4.39 Å². The van der Waals surface area contributed by atoms with Gasteiger partial charge in [-0.05, 0) is 31.9 Å². The Balaban J connectivity index is 1.54. The molecule has 1 heterocycles. The van der Waals surface area contributed by atoms with Gasteiger partial charge in [0.05, 0.1) is 12.1 Å². The highest BCUT2D eigenvalue weighted by Gasteiger charge is 2.34. The molecule has 1 aromatic rings. The minimum atomic E-state index is -0.460. The van der Waals surface area contributed by atoms with E-state index < -0.39 is 5.82 Å². The van der Waals surface area contributed by atoms with E-state index in [0.29, 0.717) is 26.2 Å². The molecule has 1 saturated heterocycles. The molecule has 5 heteroatoms. The molecule has 4 nitrogen and oxygen atoms in total. The summed E-state index contributed by atoms with van der Waals surface area (Å²) >= 11 is 0. The number of Topliss-reactive ketones (excluding diaryl/α,β-unsaturated/α-hetero) is 1.